The van der Waals surface area contributed by atoms with Crippen LogP contribution in [0.1, 0.15) is 51.4 Å². The molecule has 0 aliphatic heterocycles. The van der Waals surface area contributed by atoms with Gasteiger partial charge in [-0.05, 0) is 51.7 Å². The Morgan fingerprint density at radius 3 is 2.00 bits per heavy atom. The zero-order chi connectivity index (χ0) is 20.3. The molecule has 1 atom stereocenters. The van der Waals surface area contributed by atoms with Crippen LogP contribution < -0.4 is 33.2 Å². The van der Waals surface area contributed by atoms with E-state index in [1.165, 1.54) is 0 Å². The monoisotopic (exact) mass is 531 g/mol. The first-order valence-electron chi connectivity index (χ1n) is 9.68. The first-order chi connectivity index (χ1) is 13.0. The molecule has 0 saturated carbocycles. The van der Waals surface area contributed by atoms with Gasteiger partial charge in [-0.15, -0.1) is 37.2 Å². The molecule has 0 bridgehead atoms. The lowest BCUT2D eigenvalue weighted by molar-refractivity contribution is -0.136. The van der Waals surface area contributed by atoms with Gasteiger partial charge in [0.25, 0.3) is 5.91 Å². The Balaban J connectivity index is -0.000000338. The van der Waals surface area contributed by atoms with Crippen LogP contribution in [0, 0.1) is 0 Å². The van der Waals surface area contributed by atoms with Crippen molar-refractivity contribution >= 4 is 55.0 Å². The van der Waals surface area contributed by atoms with Crippen LogP contribution in [0.5, 0.6) is 0 Å². The Kier molecular flexibility index (Phi) is 44.6. The van der Waals surface area contributed by atoms with Gasteiger partial charge < -0.3 is 49.2 Å². The number of aliphatic hydroxyl groups excluding tert-OH is 1. The zero-order valence-electron chi connectivity index (χ0n) is 18.4. The van der Waals surface area contributed by atoms with Crippen LogP contribution in [0.25, 0.3) is 0 Å². The van der Waals surface area contributed by atoms with Gasteiger partial charge in [-0.1, -0.05) is 12.8 Å². The van der Waals surface area contributed by atoms with E-state index in [1.54, 1.807) is 0 Å². The summed E-state index contributed by atoms with van der Waals surface area (Å²) in [6, 6.07) is 0. The number of nitrogens with two attached hydrogens (primary N) is 3. The van der Waals surface area contributed by atoms with Gasteiger partial charge in [0.05, 0.1) is 0 Å². The maximum Gasteiger partial charge on any atom is 0.269 e. The predicted octanol–water partition coefficient (Wildman–Crippen LogP) is -1.90. The summed E-state index contributed by atoms with van der Waals surface area (Å²) in [5.41, 5.74) is 15.8. The van der Waals surface area contributed by atoms with Crippen LogP contribution in [0.3, 0.4) is 0 Å². The number of aliphatic imine (C=N–C) groups is 1. The van der Waals surface area contributed by atoms with Crippen LogP contribution in [0.2, 0.25) is 0 Å². The van der Waals surface area contributed by atoms with Crippen molar-refractivity contribution in [2.24, 2.45) is 22.2 Å². The van der Waals surface area contributed by atoms with Crippen molar-refractivity contribution < 1.29 is 25.6 Å². The van der Waals surface area contributed by atoms with Crippen molar-refractivity contribution in [3.05, 3.63) is 0 Å². The number of nitrogens with zero attached hydrogens (tertiary/aromatic N) is 1. The van der Waals surface area contributed by atoms with E-state index in [2.05, 4.69) is 20.9 Å². The standard InChI is InChI=1S/C17H37N7O3.3ClH.2H2O/c18-9-7-11-21-10-5-6-12-22-15(26)16(27)24-14(25)8-3-1-2-4-13-23-17(19)20;;;;;/h16,21,27H,1-13,18H2,(H,22,26)(H,24,25)(H4,19,20,23);3*1H;2*1H2. The van der Waals surface area contributed by atoms with E-state index < -0.39 is 12.1 Å². The minimum Gasteiger partial charge on any atom is -0.412 e. The summed E-state index contributed by atoms with van der Waals surface area (Å²) >= 11 is 0. The van der Waals surface area contributed by atoms with Crippen molar-refractivity contribution in [2.75, 3.05) is 32.7 Å². The lowest BCUT2D eigenvalue weighted by Crippen LogP contribution is -2.46. The van der Waals surface area contributed by atoms with Crippen molar-refractivity contribution in [3.8, 4) is 0 Å². The largest absolute Gasteiger partial charge is 0.412 e. The summed E-state index contributed by atoms with van der Waals surface area (Å²) in [6.45, 7) is 3.47. The first kappa shape index (κ1) is 44.5. The number of aliphatic hydroxyl groups is 1. The van der Waals surface area contributed by atoms with Crippen molar-refractivity contribution in [1.29, 1.82) is 0 Å². The number of carbonyl (C=O) groups is 2. The number of halogens is 3. The van der Waals surface area contributed by atoms with E-state index in [4.69, 9.17) is 17.2 Å². The molecule has 0 aromatic rings. The molecule has 0 aromatic carbocycles. The van der Waals surface area contributed by atoms with E-state index >= 15 is 0 Å². The van der Waals surface area contributed by atoms with Crippen molar-refractivity contribution in [1.82, 2.24) is 16.0 Å². The number of nitrogens with one attached hydrogen (secondary N) is 3. The second kappa shape index (κ2) is 32.1. The number of unbranched alkanes of at least 4 members (excludes halogenated alkanes) is 4. The molecule has 0 heterocycles. The van der Waals surface area contributed by atoms with Crippen molar-refractivity contribution in [2.45, 2.75) is 57.6 Å². The second-order valence-electron chi connectivity index (χ2n) is 6.33. The molecule has 0 saturated heterocycles. The highest BCUT2D eigenvalue weighted by Crippen LogP contribution is 2.03. The molecule has 2 amide bonds. The topological polar surface area (TPSA) is 244 Å². The molecular formula is C17H44Cl3N7O5. The summed E-state index contributed by atoms with van der Waals surface area (Å²) in [7, 11) is 0. The quantitative estimate of drug-likeness (QED) is 0.0484. The second-order valence-corrected chi connectivity index (χ2v) is 6.33. The lowest BCUT2D eigenvalue weighted by Gasteiger charge is -2.13. The molecule has 0 spiro atoms. The maximum atomic E-state index is 11.7. The fourth-order valence-corrected chi connectivity index (χ4v) is 2.28. The van der Waals surface area contributed by atoms with Crippen LogP contribution in [-0.2, 0) is 9.59 Å². The molecule has 0 aromatic heterocycles. The molecule has 0 radical (unpaired) electrons. The van der Waals surface area contributed by atoms with E-state index in [9.17, 15) is 14.7 Å². The third kappa shape index (κ3) is 31.1. The van der Waals surface area contributed by atoms with Gasteiger partial charge in [-0.25, -0.2) is 0 Å². The molecule has 12 nitrogen and oxygen atoms in total. The average Bonchev–Trinajstić information content (AvgIpc) is 2.62. The molecule has 15 heteroatoms. The fraction of sp³-hybridized carbons (Fsp3) is 0.824. The van der Waals surface area contributed by atoms with Gasteiger partial charge >= 0.3 is 0 Å². The number of amides is 2. The minimum atomic E-state index is -1.51. The fourth-order valence-electron chi connectivity index (χ4n) is 2.28. The number of hydrogen-bond donors (Lipinski definition) is 7. The highest BCUT2D eigenvalue weighted by atomic mass is 35.5. The smallest absolute Gasteiger partial charge is 0.269 e. The van der Waals surface area contributed by atoms with Gasteiger partial charge in [0.1, 0.15) is 0 Å². The molecule has 1 unspecified atom stereocenters. The van der Waals surface area contributed by atoms with Gasteiger partial charge in [0.2, 0.25) is 12.1 Å². The number of carbonyl (C=O) groups excluding carboxylic acids is 2. The Bertz CT molecular complexity index is 449. The van der Waals surface area contributed by atoms with Crippen LogP contribution in [0.15, 0.2) is 4.99 Å². The maximum absolute atomic E-state index is 11.7. The molecule has 0 aliphatic carbocycles. The Morgan fingerprint density at radius 1 is 0.844 bits per heavy atom. The Labute approximate surface area is 209 Å². The SMILES string of the molecule is Cl.Cl.Cl.NCCCNCCCCNC(=O)C(O)NC(=O)CCCCCCN=C(N)N.O.O. The third-order valence-electron chi connectivity index (χ3n) is 3.79. The number of hydrogen-bond acceptors (Lipinski definition) is 6. The molecular weight excluding hydrogens is 489 g/mol. The summed E-state index contributed by atoms with van der Waals surface area (Å²) in [6.07, 6.45) is 4.71. The highest BCUT2D eigenvalue weighted by Gasteiger charge is 2.16. The molecule has 198 valence electrons. The van der Waals surface area contributed by atoms with Gasteiger partial charge in [-0.3, -0.25) is 14.6 Å². The van der Waals surface area contributed by atoms with Crippen LogP contribution in [0.4, 0.5) is 0 Å². The lowest BCUT2D eigenvalue weighted by atomic mass is 10.1. The summed E-state index contributed by atoms with van der Waals surface area (Å²) < 4.78 is 0. The summed E-state index contributed by atoms with van der Waals surface area (Å²) in [5.74, 6) is -0.844. The van der Waals surface area contributed by atoms with E-state index in [1.807, 2.05) is 0 Å². The van der Waals surface area contributed by atoms with Gasteiger partial charge in [-0.2, -0.15) is 0 Å². The zero-order valence-corrected chi connectivity index (χ0v) is 20.9. The normalized spacial score (nSPS) is 9.81. The highest BCUT2D eigenvalue weighted by molar-refractivity contribution is 5.86. The van der Waals surface area contributed by atoms with E-state index in [0.717, 1.165) is 51.6 Å². The molecule has 0 aliphatic rings. The Morgan fingerprint density at radius 2 is 1.41 bits per heavy atom. The number of rotatable bonds is 17. The third-order valence-corrected chi connectivity index (χ3v) is 3.79. The molecule has 32 heavy (non-hydrogen) atoms. The van der Waals surface area contributed by atoms with Crippen LogP contribution >= 0.6 is 37.2 Å². The molecule has 14 N–H and O–H groups in total. The predicted molar refractivity (Wildman–Crippen MR) is 136 cm³/mol. The summed E-state index contributed by atoms with van der Waals surface area (Å²) in [4.78, 5) is 27.3. The molecule has 0 fully saturated rings. The average molecular weight is 533 g/mol. The van der Waals surface area contributed by atoms with Crippen LogP contribution in [-0.4, -0.2) is 72.8 Å². The van der Waals surface area contributed by atoms with Crippen molar-refractivity contribution in [3.63, 3.8) is 0 Å². The number of guanidine groups is 1. The van der Waals surface area contributed by atoms with E-state index in [-0.39, 0.29) is 66.5 Å². The Hall–Kier alpha value is -1.12. The van der Waals surface area contributed by atoms with Gasteiger partial charge in [0, 0.05) is 19.5 Å². The van der Waals surface area contributed by atoms with Gasteiger partial charge in [0.15, 0.2) is 5.96 Å². The minimum absolute atomic E-state index is 0. The first-order valence-corrected chi connectivity index (χ1v) is 9.68. The van der Waals surface area contributed by atoms with E-state index in [0.29, 0.717) is 26.1 Å². The molecule has 0 rings (SSSR count). The summed E-state index contributed by atoms with van der Waals surface area (Å²) in [5, 5.41) is 17.9.